The fourth-order valence-corrected chi connectivity index (χ4v) is 2.39. The van der Waals surface area contributed by atoms with Gasteiger partial charge in [0.15, 0.2) is 0 Å². The molecule has 0 spiro atoms. The SMILES string of the molecule is Cn1cc(C2=CC(N)CC(C)(C)C2)cn1. The van der Waals surface area contributed by atoms with Crippen molar-refractivity contribution in [3.05, 3.63) is 24.0 Å². The summed E-state index contributed by atoms with van der Waals surface area (Å²) in [6.45, 7) is 4.55. The molecule has 1 atom stereocenters. The van der Waals surface area contributed by atoms with Gasteiger partial charge in [-0.3, -0.25) is 4.68 Å². The van der Waals surface area contributed by atoms with E-state index < -0.39 is 0 Å². The second-order valence-corrected chi connectivity index (χ2v) is 5.30. The zero-order valence-corrected chi connectivity index (χ0v) is 9.70. The molecule has 0 saturated heterocycles. The number of nitrogens with two attached hydrogens (primary N) is 1. The molecule has 0 aromatic carbocycles. The highest BCUT2D eigenvalue weighted by molar-refractivity contribution is 5.66. The van der Waals surface area contributed by atoms with Crippen molar-refractivity contribution in [2.45, 2.75) is 32.7 Å². The summed E-state index contributed by atoms with van der Waals surface area (Å²) in [5, 5.41) is 4.20. The Morgan fingerprint density at radius 2 is 2.27 bits per heavy atom. The Balaban J connectivity index is 2.29. The van der Waals surface area contributed by atoms with Crippen LogP contribution in [0.2, 0.25) is 0 Å². The molecular weight excluding hydrogens is 186 g/mol. The van der Waals surface area contributed by atoms with Gasteiger partial charge in [0.2, 0.25) is 0 Å². The van der Waals surface area contributed by atoms with Crippen LogP contribution in [0.5, 0.6) is 0 Å². The number of allylic oxidation sites excluding steroid dienone is 1. The molecule has 1 aliphatic carbocycles. The van der Waals surface area contributed by atoms with Crippen molar-refractivity contribution < 1.29 is 0 Å². The first-order chi connectivity index (χ1) is 6.96. The smallest absolute Gasteiger partial charge is 0.0564 e. The number of aromatic nitrogens is 2. The summed E-state index contributed by atoms with van der Waals surface area (Å²) in [6.07, 6.45) is 8.31. The van der Waals surface area contributed by atoms with E-state index in [0.717, 1.165) is 12.8 Å². The average Bonchev–Trinajstić information content (AvgIpc) is 2.48. The molecule has 1 aromatic rings. The van der Waals surface area contributed by atoms with Crippen molar-refractivity contribution >= 4 is 5.57 Å². The van der Waals surface area contributed by atoms with Gasteiger partial charge in [-0.1, -0.05) is 19.9 Å². The molecule has 0 bridgehead atoms. The van der Waals surface area contributed by atoms with Crippen molar-refractivity contribution in [3.8, 4) is 0 Å². The third kappa shape index (κ3) is 2.29. The second-order valence-electron chi connectivity index (χ2n) is 5.30. The van der Waals surface area contributed by atoms with Gasteiger partial charge in [-0.15, -0.1) is 0 Å². The van der Waals surface area contributed by atoms with Crippen molar-refractivity contribution in [1.29, 1.82) is 0 Å². The minimum atomic E-state index is 0.184. The molecule has 2 N–H and O–H groups in total. The van der Waals surface area contributed by atoms with Crippen LogP contribution in [0.25, 0.3) is 5.57 Å². The maximum atomic E-state index is 6.04. The van der Waals surface area contributed by atoms with Crippen LogP contribution in [0.1, 0.15) is 32.3 Å². The van der Waals surface area contributed by atoms with Gasteiger partial charge in [-0.2, -0.15) is 5.10 Å². The van der Waals surface area contributed by atoms with Gasteiger partial charge in [0.1, 0.15) is 0 Å². The summed E-state index contributed by atoms with van der Waals surface area (Å²) in [7, 11) is 1.94. The number of rotatable bonds is 1. The lowest BCUT2D eigenvalue weighted by Gasteiger charge is -2.32. The minimum Gasteiger partial charge on any atom is -0.324 e. The summed E-state index contributed by atoms with van der Waals surface area (Å²) in [4.78, 5) is 0. The van der Waals surface area contributed by atoms with Crippen LogP contribution in [-0.4, -0.2) is 15.8 Å². The predicted octanol–water partition coefficient (Wildman–Crippen LogP) is 1.95. The lowest BCUT2D eigenvalue weighted by Crippen LogP contribution is -2.30. The van der Waals surface area contributed by atoms with Crippen LogP contribution in [-0.2, 0) is 7.05 Å². The topological polar surface area (TPSA) is 43.8 Å². The van der Waals surface area contributed by atoms with E-state index in [1.54, 1.807) is 0 Å². The van der Waals surface area contributed by atoms with Crippen molar-refractivity contribution in [3.63, 3.8) is 0 Å². The zero-order chi connectivity index (χ0) is 11.1. The summed E-state index contributed by atoms with van der Waals surface area (Å²) in [6, 6.07) is 0.184. The molecule has 3 nitrogen and oxygen atoms in total. The Morgan fingerprint density at radius 1 is 1.53 bits per heavy atom. The molecule has 1 heterocycles. The molecule has 0 fully saturated rings. The van der Waals surface area contributed by atoms with Crippen LogP contribution in [0.3, 0.4) is 0 Å². The van der Waals surface area contributed by atoms with E-state index in [4.69, 9.17) is 5.73 Å². The molecule has 0 aliphatic heterocycles. The average molecular weight is 205 g/mol. The van der Waals surface area contributed by atoms with E-state index in [-0.39, 0.29) is 6.04 Å². The van der Waals surface area contributed by atoms with Crippen LogP contribution < -0.4 is 5.73 Å². The molecule has 1 aromatic heterocycles. The van der Waals surface area contributed by atoms with Crippen molar-refractivity contribution in [2.24, 2.45) is 18.2 Å². The largest absolute Gasteiger partial charge is 0.324 e. The van der Waals surface area contributed by atoms with E-state index in [0.29, 0.717) is 5.41 Å². The molecule has 0 amide bonds. The highest BCUT2D eigenvalue weighted by Gasteiger charge is 2.27. The van der Waals surface area contributed by atoms with Crippen molar-refractivity contribution in [2.75, 3.05) is 0 Å². The number of nitrogens with zero attached hydrogens (tertiary/aromatic N) is 2. The van der Waals surface area contributed by atoms with E-state index in [2.05, 4.69) is 31.2 Å². The molecular formula is C12H19N3. The molecule has 3 heteroatoms. The van der Waals surface area contributed by atoms with Gasteiger partial charge in [-0.05, 0) is 23.8 Å². The van der Waals surface area contributed by atoms with E-state index in [1.807, 2.05) is 17.9 Å². The van der Waals surface area contributed by atoms with Gasteiger partial charge in [-0.25, -0.2) is 0 Å². The molecule has 15 heavy (non-hydrogen) atoms. The quantitative estimate of drug-likeness (QED) is 0.761. The van der Waals surface area contributed by atoms with Crippen LogP contribution in [0.15, 0.2) is 18.5 Å². The Bertz CT molecular complexity index is 387. The molecule has 1 aliphatic rings. The van der Waals surface area contributed by atoms with Gasteiger partial charge in [0, 0.05) is 24.8 Å². The molecule has 1 unspecified atom stereocenters. The van der Waals surface area contributed by atoms with E-state index >= 15 is 0 Å². The Kier molecular flexibility index (Phi) is 2.43. The fourth-order valence-electron chi connectivity index (χ4n) is 2.39. The van der Waals surface area contributed by atoms with Gasteiger partial charge in [0.25, 0.3) is 0 Å². The first-order valence-electron chi connectivity index (χ1n) is 5.42. The molecule has 82 valence electrons. The lowest BCUT2D eigenvalue weighted by molar-refractivity contribution is 0.319. The maximum Gasteiger partial charge on any atom is 0.0564 e. The number of aryl methyl sites for hydroxylation is 1. The van der Waals surface area contributed by atoms with Crippen molar-refractivity contribution in [1.82, 2.24) is 9.78 Å². The monoisotopic (exact) mass is 205 g/mol. The highest BCUT2D eigenvalue weighted by Crippen LogP contribution is 2.38. The summed E-state index contributed by atoms with van der Waals surface area (Å²) in [5.74, 6) is 0. The predicted molar refractivity (Wildman–Crippen MR) is 62.2 cm³/mol. The lowest BCUT2D eigenvalue weighted by atomic mass is 9.74. The molecule has 0 radical (unpaired) electrons. The minimum absolute atomic E-state index is 0.184. The number of hydrogen-bond donors (Lipinski definition) is 1. The highest BCUT2D eigenvalue weighted by atomic mass is 15.2. The maximum absolute atomic E-state index is 6.04. The zero-order valence-electron chi connectivity index (χ0n) is 9.70. The first kappa shape index (κ1) is 10.4. The standard InChI is InChI=1S/C12H19N3/c1-12(2)5-9(4-11(13)6-12)10-7-14-15(3)8-10/h4,7-8,11H,5-6,13H2,1-3H3. The van der Waals surface area contributed by atoms with Gasteiger partial charge < -0.3 is 5.73 Å². The Hall–Kier alpha value is -1.09. The molecule has 0 saturated carbocycles. The van der Waals surface area contributed by atoms with Crippen LogP contribution in [0, 0.1) is 5.41 Å². The summed E-state index contributed by atoms with van der Waals surface area (Å²) >= 11 is 0. The summed E-state index contributed by atoms with van der Waals surface area (Å²) in [5.41, 5.74) is 8.89. The first-order valence-corrected chi connectivity index (χ1v) is 5.42. The van der Waals surface area contributed by atoms with Gasteiger partial charge in [0.05, 0.1) is 6.20 Å². The van der Waals surface area contributed by atoms with Gasteiger partial charge >= 0.3 is 0 Å². The second kappa shape index (κ2) is 3.49. The Labute approximate surface area is 91.0 Å². The van der Waals surface area contributed by atoms with Crippen LogP contribution >= 0.6 is 0 Å². The third-order valence-corrected chi connectivity index (χ3v) is 2.95. The summed E-state index contributed by atoms with van der Waals surface area (Å²) < 4.78 is 1.84. The fraction of sp³-hybridized carbons (Fsp3) is 0.583. The van der Waals surface area contributed by atoms with E-state index in [9.17, 15) is 0 Å². The van der Waals surface area contributed by atoms with E-state index in [1.165, 1.54) is 11.1 Å². The third-order valence-electron chi connectivity index (χ3n) is 2.95. The normalized spacial score (nSPS) is 25.1. The Morgan fingerprint density at radius 3 is 2.80 bits per heavy atom. The molecule has 2 rings (SSSR count). The number of hydrogen-bond acceptors (Lipinski definition) is 2. The van der Waals surface area contributed by atoms with Crippen LogP contribution in [0.4, 0.5) is 0 Å².